The van der Waals surface area contributed by atoms with Crippen LogP contribution in [-0.2, 0) is 23.7 Å². The van der Waals surface area contributed by atoms with Crippen molar-refractivity contribution in [1.82, 2.24) is 0 Å². The van der Waals surface area contributed by atoms with E-state index in [-0.39, 0.29) is 33.0 Å². The Bertz CT molecular complexity index is 480. The number of hydrogen-bond donors (Lipinski definition) is 1. The van der Waals surface area contributed by atoms with Gasteiger partial charge in [0.05, 0.1) is 45.9 Å². The molecule has 0 aliphatic carbocycles. The van der Waals surface area contributed by atoms with Crippen LogP contribution in [0.15, 0.2) is 68.4 Å². The highest BCUT2D eigenvalue weighted by Gasteiger charge is 2.37. The summed E-state index contributed by atoms with van der Waals surface area (Å²) in [5, 5.41) is 12.2. The van der Waals surface area contributed by atoms with Crippen LogP contribution < -0.4 is 0 Å². The van der Waals surface area contributed by atoms with E-state index in [0.717, 1.165) is 0 Å². The summed E-state index contributed by atoms with van der Waals surface area (Å²) >= 11 is 0. The summed E-state index contributed by atoms with van der Waals surface area (Å²) in [6.45, 7) is 19.9. The van der Waals surface area contributed by atoms with Crippen LogP contribution in [-0.4, -0.2) is 75.5 Å². The Kier molecular flexibility index (Phi) is 17.0. The van der Waals surface area contributed by atoms with Gasteiger partial charge in [0.2, 0.25) is 0 Å². The van der Waals surface area contributed by atoms with E-state index in [9.17, 15) is 0 Å². The van der Waals surface area contributed by atoms with Crippen molar-refractivity contribution in [2.45, 2.75) is 24.4 Å². The van der Waals surface area contributed by atoms with Gasteiger partial charge in [-0.2, -0.15) is 0 Å². The average molecular weight is 395 g/mol. The third kappa shape index (κ3) is 11.0. The van der Waals surface area contributed by atoms with E-state index in [1.807, 2.05) is 0 Å². The van der Waals surface area contributed by atoms with Crippen molar-refractivity contribution in [2.75, 3.05) is 39.6 Å². The van der Waals surface area contributed by atoms with Gasteiger partial charge in [0.15, 0.2) is 0 Å². The van der Waals surface area contributed by atoms with E-state index >= 15 is 0 Å². The second-order valence-corrected chi connectivity index (χ2v) is 5.51. The summed E-state index contributed by atoms with van der Waals surface area (Å²) < 4.78 is 29.0. The molecule has 0 bridgehead atoms. The topological polar surface area (TPSA) is 78.7 Å². The Labute approximate surface area is 168 Å². The summed E-state index contributed by atoms with van der Waals surface area (Å²) in [6, 6.07) is 0. The lowest BCUT2D eigenvalue weighted by Crippen LogP contribution is -2.51. The number of hydrogen-bond acceptors (Lipinski definition) is 7. The molecule has 0 aliphatic rings. The van der Waals surface area contributed by atoms with E-state index in [2.05, 4.69) is 38.1 Å². The van der Waals surface area contributed by atoms with Gasteiger partial charge in [-0.25, -0.2) is 0 Å². The van der Waals surface area contributed by atoms with E-state index in [1.54, 1.807) is 30.4 Å². The quantitative estimate of drug-likeness (QED) is 0.112. The highest BCUT2D eigenvalue weighted by atomic mass is 16.6. The fraction of sp³-hybridized carbons (Fsp3) is 0.476. The van der Waals surface area contributed by atoms with Crippen molar-refractivity contribution in [3.8, 4) is 0 Å². The zero-order chi connectivity index (χ0) is 21.0. The molecule has 0 aromatic carbocycles. The standard InChI is InChI=1S/C21H33NO6/c1-6-11-24-17-19(26-13-8-3)21(28-15-10-5)20(27-14-9-4)18(16-22-23)25-12-7-2/h6-10,16,18-21,23H,1-5,11-15,17H2/b22-16+/t18-,19+,20+,21+/m0/s1. The maximum absolute atomic E-state index is 9.07. The molecular weight excluding hydrogens is 362 g/mol. The van der Waals surface area contributed by atoms with Gasteiger partial charge >= 0.3 is 0 Å². The maximum Gasteiger partial charge on any atom is 0.125 e. The first-order valence-electron chi connectivity index (χ1n) is 8.96. The Morgan fingerprint density at radius 1 is 0.679 bits per heavy atom. The van der Waals surface area contributed by atoms with E-state index < -0.39 is 24.4 Å². The monoisotopic (exact) mass is 395 g/mol. The van der Waals surface area contributed by atoms with Crippen LogP contribution in [0.3, 0.4) is 0 Å². The van der Waals surface area contributed by atoms with Gasteiger partial charge in [-0.05, 0) is 0 Å². The van der Waals surface area contributed by atoms with Gasteiger partial charge in [-0.1, -0.05) is 35.5 Å². The minimum absolute atomic E-state index is 0.222. The number of rotatable bonds is 20. The number of nitrogens with zero attached hydrogens (tertiary/aromatic N) is 1. The van der Waals surface area contributed by atoms with Crippen LogP contribution in [0.25, 0.3) is 0 Å². The van der Waals surface area contributed by atoms with Gasteiger partial charge in [0.25, 0.3) is 0 Å². The lowest BCUT2D eigenvalue weighted by atomic mass is 10.0. The summed E-state index contributed by atoms with van der Waals surface area (Å²) in [4.78, 5) is 0. The zero-order valence-corrected chi connectivity index (χ0v) is 16.5. The Morgan fingerprint density at radius 2 is 1.18 bits per heavy atom. The highest BCUT2D eigenvalue weighted by molar-refractivity contribution is 5.63. The molecule has 0 fully saturated rings. The van der Waals surface area contributed by atoms with Crippen molar-refractivity contribution in [3.63, 3.8) is 0 Å². The molecule has 7 heteroatoms. The fourth-order valence-electron chi connectivity index (χ4n) is 2.31. The molecule has 7 nitrogen and oxygen atoms in total. The Morgan fingerprint density at radius 3 is 1.71 bits per heavy atom. The lowest BCUT2D eigenvalue weighted by molar-refractivity contribution is -0.165. The molecule has 0 heterocycles. The van der Waals surface area contributed by atoms with Crippen LogP contribution in [0.1, 0.15) is 0 Å². The molecule has 0 spiro atoms. The Hall–Kier alpha value is -2.03. The molecule has 158 valence electrons. The zero-order valence-electron chi connectivity index (χ0n) is 16.5. The Balaban J connectivity index is 5.75. The second kappa shape index (κ2) is 18.3. The molecule has 0 saturated carbocycles. The van der Waals surface area contributed by atoms with E-state index in [0.29, 0.717) is 6.61 Å². The first-order valence-corrected chi connectivity index (χ1v) is 8.96. The summed E-state index contributed by atoms with van der Waals surface area (Å²) in [7, 11) is 0. The molecule has 1 N–H and O–H groups in total. The minimum atomic E-state index is -0.730. The molecule has 0 aromatic rings. The van der Waals surface area contributed by atoms with Crippen molar-refractivity contribution in [2.24, 2.45) is 5.16 Å². The number of ether oxygens (including phenoxy) is 5. The first kappa shape index (κ1) is 26.0. The summed E-state index contributed by atoms with van der Waals surface area (Å²) in [5.41, 5.74) is 0. The van der Waals surface area contributed by atoms with E-state index in [1.165, 1.54) is 6.21 Å². The average Bonchev–Trinajstić information content (AvgIpc) is 2.71. The first-order chi connectivity index (χ1) is 13.7. The maximum atomic E-state index is 9.07. The molecule has 0 amide bonds. The van der Waals surface area contributed by atoms with E-state index in [4.69, 9.17) is 28.9 Å². The van der Waals surface area contributed by atoms with Gasteiger partial charge in [-0.3, -0.25) is 0 Å². The van der Waals surface area contributed by atoms with Gasteiger partial charge in [-0.15, -0.1) is 32.9 Å². The minimum Gasteiger partial charge on any atom is -0.411 e. The van der Waals surface area contributed by atoms with Gasteiger partial charge in [0.1, 0.15) is 24.4 Å². The summed E-state index contributed by atoms with van der Waals surface area (Å²) in [5.74, 6) is 0. The van der Waals surface area contributed by atoms with Crippen LogP contribution >= 0.6 is 0 Å². The van der Waals surface area contributed by atoms with Crippen LogP contribution in [0.5, 0.6) is 0 Å². The van der Waals surface area contributed by atoms with Crippen molar-refractivity contribution >= 4 is 6.21 Å². The predicted molar refractivity (Wildman–Crippen MR) is 111 cm³/mol. The summed E-state index contributed by atoms with van der Waals surface area (Å²) in [6.07, 6.45) is 6.75. The second-order valence-electron chi connectivity index (χ2n) is 5.51. The molecule has 0 radical (unpaired) electrons. The molecule has 0 unspecified atom stereocenters. The molecule has 0 rings (SSSR count). The SMILES string of the molecule is C=CCOC[C@@H](OCC=C)[C@@H](OCC=C)[C@H](OCC=C)[C@H](/C=N/O)OCC=C. The van der Waals surface area contributed by atoms with Crippen LogP contribution in [0.2, 0.25) is 0 Å². The van der Waals surface area contributed by atoms with Crippen LogP contribution in [0.4, 0.5) is 0 Å². The lowest BCUT2D eigenvalue weighted by Gasteiger charge is -2.35. The van der Waals surface area contributed by atoms with Gasteiger partial charge < -0.3 is 28.9 Å². The molecule has 0 saturated heterocycles. The van der Waals surface area contributed by atoms with Gasteiger partial charge in [0, 0.05) is 0 Å². The normalized spacial score (nSPS) is 15.4. The molecule has 0 aromatic heterocycles. The molecule has 4 atom stereocenters. The largest absolute Gasteiger partial charge is 0.411 e. The van der Waals surface area contributed by atoms with Crippen molar-refractivity contribution < 1.29 is 28.9 Å². The van der Waals surface area contributed by atoms with Crippen molar-refractivity contribution in [3.05, 3.63) is 63.3 Å². The van der Waals surface area contributed by atoms with Crippen LogP contribution in [0, 0.1) is 0 Å². The third-order valence-electron chi connectivity index (χ3n) is 3.39. The highest BCUT2D eigenvalue weighted by Crippen LogP contribution is 2.19. The van der Waals surface area contributed by atoms with Crippen molar-refractivity contribution in [1.29, 1.82) is 0 Å². The number of oxime groups is 1. The third-order valence-corrected chi connectivity index (χ3v) is 3.39. The molecular formula is C21H33NO6. The fourth-order valence-corrected chi connectivity index (χ4v) is 2.31. The smallest absolute Gasteiger partial charge is 0.125 e. The molecule has 0 aliphatic heterocycles. The predicted octanol–water partition coefficient (Wildman–Crippen LogP) is 2.93. The molecule has 28 heavy (non-hydrogen) atoms.